The predicted octanol–water partition coefficient (Wildman–Crippen LogP) is 2.52. The van der Waals surface area contributed by atoms with Crippen LogP contribution in [-0.2, 0) is 11.3 Å². The zero-order valence-corrected chi connectivity index (χ0v) is 12.3. The van der Waals surface area contributed by atoms with E-state index in [9.17, 15) is 4.79 Å². The summed E-state index contributed by atoms with van der Waals surface area (Å²) in [5.41, 5.74) is 6.15. The van der Waals surface area contributed by atoms with Crippen LogP contribution in [0.2, 0.25) is 0 Å². The Balaban J connectivity index is 1.96. The molecule has 1 fully saturated rings. The van der Waals surface area contributed by atoms with Gasteiger partial charge in [0, 0.05) is 11.0 Å². The lowest BCUT2D eigenvalue weighted by molar-refractivity contribution is -0.131. The molecule has 1 saturated carbocycles. The minimum absolute atomic E-state index is 0.0378. The second-order valence-electron chi connectivity index (χ2n) is 4.61. The molecule has 5 heteroatoms. The molecule has 0 unspecified atom stereocenters. The van der Waals surface area contributed by atoms with Gasteiger partial charge >= 0.3 is 0 Å². The molecule has 96 valence electrons. The molecule has 0 atom stereocenters. The number of carbonyl (C=O) groups excluding carboxylic acids is 1. The van der Waals surface area contributed by atoms with Crippen LogP contribution in [0.3, 0.4) is 0 Å². The third kappa shape index (κ3) is 2.57. The highest BCUT2D eigenvalue weighted by atomic mass is 79.9. The molecule has 1 aromatic rings. The van der Waals surface area contributed by atoms with E-state index in [1.54, 1.807) is 0 Å². The van der Waals surface area contributed by atoms with Crippen molar-refractivity contribution < 1.29 is 4.79 Å². The molecule has 3 N–H and O–H groups in total. The Morgan fingerprint density at radius 3 is 2.44 bits per heavy atom. The van der Waals surface area contributed by atoms with E-state index in [4.69, 9.17) is 18.0 Å². The van der Waals surface area contributed by atoms with E-state index >= 15 is 0 Å². The van der Waals surface area contributed by atoms with Crippen molar-refractivity contribution in [3.63, 3.8) is 0 Å². The number of amides is 1. The van der Waals surface area contributed by atoms with Gasteiger partial charge in [0.15, 0.2) is 0 Å². The molecule has 0 heterocycles. The molecule has 0 saturated heterocycles. The first-order valence-corrected chi connectivity index (χ1v) is 7.07. The summed E-state index contributed by atoms with van der Waals surface area (Å²) in [5.74, 6) is -0.0378. The normalized spacial score (nSPS) is 16.7. The van der Waals surface area contributed by atoms with Crippen molar-refractivity contribution in [1.82, 2.24) is 5.32 Å². The fraction of sp³-hybridized carbons (Fsp3) is 0.385. The summed E-state index contributed by atoms with van der Waals surface area (Å²) in [7, 11) is 0. The maximum absolute atomic E-state index is 12.1. The molecule has 1 amide bonds. The number of hydrogen-bond acceptors (Lipinski definition) is 2. The summed E-state index contributed by atoms with van der Waals surface area (Å²) in [6.07, 6.45) is 2.56. The molecule has 0 spiro atoms. The van der Waals surface area contributed by atoms with Gasteiger partial charge in [0.1, 0.15) is 0 Å². The van der Waals surface area contributed by atoms with E-state index in [0.29, 0.717) is 11.5 Å². The summed E-state index contributed by atoms with van der Waals surface area (Å²) in [4.78, 5) is 12.5. The Labute approximate surface area is 120 Å². The molecular weight excluding hydrogens is 312 g/mol. The van der Waals surface area contributed by atoms with Gasteiger partial charge in [0.25, 0.3) is 0 Å². The second kappa shape index (κ2) is 5.36. The number of hydrogen-bond donors (Lipinski definition) is 2. The number of rotatable bonds is 4. The van der Waals surface area contributed by atoms with Crippen LogP contribution in [0.15, 0.2) is 28.7 Å². The van der Waals surface area contributed by atoms with E-state index < -0.39 is 5.41 Å². The highest BCUT2D eigenvalue weighted by molar-refractivity contribution is 9.10. The molecule has 2 rings (SSSR count). The van der Waals surface area contributed by atoms with Crippen molar-refractivity contribution in [3.05, 3.63) is 34.3 Å². The first-order chi connectivity index (χ1) is 8.54. The second-order valence-corrected chi connectivity index (χ2v) is 5.96. The van der Waals surface area contributed by atoms with Gasteiger partial charge in [-0.15, -0.1) is 0 Å². The average molecular weight is 327 g/mol. The number of nitrogens with one attached hydrogen (secondary N) is 1. The Morgan fingerprint density at radius 1 is 1.39 bits per heavy atom. The molecule has 0 bridgehead atoms. The Morgan fingerprint density at radius 2 is 2.00 bits per heavy atom. The lowest BCUT2D eigenvalue weighted by Gasteiger charge is -2.39. The minimum atomic E-state index is -0.593. The molecule has 18 heavy (non-hydrogen) atoms. The van der Waals surface area contributed by atoms with Crippen LogP contribution in [0.25, 0.3) is 0 Å². The maximum Gasteiger partial charge on any atom is 0.233 e. The van der Waals surface area contributed by atoms with Gasteiger partial charge in [0.05, 0.1) is 10.4 Å². The molecule has 1 aromatic carbocycles. The predicted molar refractivity (Wildman–Crippen MR) is 79.1 cm³/mol. The van der Waals surface area contributed by atoms with Crippen LogP contribution >= 0.6 is 28.1 Å². The number of carbonyl (C=O) groups is 1. The standard InChI is InChI=1S/C13H15BrN2OS/c14-10-4-2-9(3-5-10)8-16-12(17)13(11(15)18)6-1-7-13/h2-5H,1,6-8H2,(H2,15,18)(H,16,17). The summed E-state index contributed by atoms with van der Waals surface area (Å²) >= 11 is 8.39. The van der Waals surface area contributed by atoms with Gasteiger partial charge in [-0.2, -0.15) is 0 Å². The van der Waals surface area contributed by atoms with Gasteiger partial charge in [0.2, 0.25) is 5.91 Å². The van der Waals surface area contributed by atoms with Crippen molar-refractivity contribution in [2.75, 3.05) is 0 Å². The summed E-state index contributed by atoms with van der Waals surface area (Å²) in [5, 5.41) is 2.92. The van der Waals surface area contributed by atoms with Crippen LogP contribution in [-0.4, -0.2) is 10.9 Å². The number of halogens is 1. The van der Waals surface area contributed by atoms with Crippen molar-refractivity contribution in [1.29, 1.82) is 0 Å². The van der Waals surface area contributed by atoms with Crippen LogP contribution in [0, 0.1) is 5.41 Å². The van der Waals surface area contributed by atoms with Crippen LogP contribution < -0.4 is 11.1 Å². The van der Waals surface area contributed by atoms with E-state index in [0.717, 1.165) is 29.3 Å². The first kappa shape index (κ1) is 13.5. The number of nitrogens with two attached hydrogens (primary N) is 1. The van der Waals surface area contributed by atoms with Crippen LogP contribution in [0.1, 0.15) is 24.8 Å². The van der Waals surface area contributed by atoms with E-state index in [1.807, 2.05) is 24.3 Å². The van der Waals surface area contributed by atoms with Crippen molar-refractivity contribution in [3.8, 4) is 0 Å². The topological polar surface area (TPSA) is 55.1 Å². The van der Waals surface area contributed by atoms with E-state index in [1.165, 1.54) is 0 Å². The SMILES string of the molecule is NC(=S)C1(C(=O)NCc2ccc(Br)cc2)CCC1. The fourth-order valence-electron chi connectivity index (χ4n) is 2.07. The van der Waals surface area contributed by atoms with Gasteiger partial charge < -0.3 is 11.1 Å². The fourth-order valence-corrected chi connectivity index (χ4v) is 2.63. The third-order valence-corrected chi connectivity index (χ3v) is 4.40. The largest absolute Gasteiger partial charge is 0.392 e. The molecule has 0 aliphatic heterocycles. The van der Waals surface area contributed by atoms with Crippen molar-refractivity contribution in [2.24, 2.45) is 11.1 Å². The Kier molecular flexibility index (Phi) is 4.02. The summed E-state index contributed by atoms with van der Waals surface area (Å²) in [6.45, 7) is 0.510. The van der Waals surface area contributed by atoms with Gasteiger partial charge in [-0.1, -0.05) is 46.7 Å². The monoisotopic (exact) mass is 326 g/mol. The molecule has 0 radical (unpaired) electrons. The lowest BCUT2D eigenvalue weighted by atomic mass is 9.68. The van der Waals surface area contributed by atoms with Crippen molar-refractivity contribution in [2.45, 2.75) is 25.8 Å². The minimum Gasteiger partial charge on any atom is -0.392 e. The summed E-state index contributed by atoms with van der Waals surface area (Å²) in [6, 6.07) is 7.85. The molecule has 1 aliphatic carbocycles. The highest BCUT2D eigenvalue weighted by Gasteiger charge is 2.46. The highest BCUT2D eigenvalue weighted by Crippen LogP contribution is 2.41. The number of benzene rings is 1. The zero-order chi connectivity index (χ0) is 13.2. The van der Waals surface area contributed by atoms with Gasteiger partial charge in [-0.3, -0.25) is 4.79 Å². The van der Waals surface area contributed by atoms with Crippen LogP contribution in [0.4, 0.5) is 0 Å². The quantitative estimate of drug-likeness (QED) is 0.836. The van der Waals surface area contributed by atoms with Crippen molar-refractivity contribution >= 4 is 39.0 Å². The van der Waals surface area contributed by atoms with Gasteiger partial charge in [-0.05, 0) is 30.5 Å². The smallest absolute Gasteiger partial charge is 0.233 e. The summed E-state index contributed by atoms with van der Waals surface area (Å²) < 4.78 is 1.02. The first-order valence-electron chi connectivity index (χ1n) is 5.87. The van der Waals surface area contributed by atoms with E-state index in [2.05, 4.69) is 21.2 Å². The van der Waals surface area contributed by atoms with Crippen LogP contribution in [0.5, 0.6) is 0 Å². The third-order valence-electron chi connectivity index (χ3n) is 3.48. The molecule has 1 aliphatic rings. The van der Waals surface area contributed by atoms with Gasteiger partial charge in [-0.25, -0.2) is 0 Å². The molecule has 3 nitrogen and oxygen atoms in total. The molecular formula is C13H15BrN2OS. The Hall–Kier alpha value is -0.940. The lowest BCUT2D eigenvalue weighted by Crippen LogP contribution is -2.52. The Bertz CT molecular complexity index is 468. The average Bonchev–Trinajstić information content (AvgIpc) is 2.26. The maximum atomic E-state index is 12.1. The molecule has 0 aromatic heterocycles. The van der Waals surface area contributed by atoms with E-state index in [-0.39, 0.29) is 5.91 Å². The number of thiocarbonyl (C=S) groups is 1. The zero-order valence-electron chi connectivity index (χ0n) is 9.91.